The number of rotatable bonds is 13. The first-order valence-corrected chi connectivity index (χ1v) is 14.1. The molecule has 36 heavy (non-hydrogen) atoms. The minimum Gasteiger partial charge on any atom is -0.354 e. The first-order chi connectivity index (χ1) is 17.5. The predicted octanol–water partition coefficient (Wildman–Crippen LogP) is 6.78. The Morgan fingerprint density at radius 1 is 0.917 bits per heavy atom. The zero-order valence-corrected chi connectivity index (χ0v) is 22.8. The number of thioether (sulfide) groups is 1. The Labute approximate surface area is 228 Å². The Bertz CT molecular complexity index is 1110. The lowest BCUT2D eigenvalue weighted by atomic mass is 10.0. The number of amides is 2. The summed E-state index contributed by atoms with van der Waals surface area (Å²) in [7, 11) is 0. The Morgan fingerprint density at radius 2 is 1.61 bits per heavy atom. The van der Waals surface area contributed by atoms with E-state index in [4.69, 9.17) is 23.2 Å². The van der Waals surface area contributed by atoms with Crippen LogP contribution in [0.4, 0.5) is 0 Å². The molecule has 3 aromatic carbocycles. The molecule has 2 amide bonds. The van der Waals surface area contributed by atoms with Crippen molar-refractivity contribution in [3.8, 4) is 0 Å². The molecule has 0 fully saturated rings. The molecule has 7 heteroatoms. The molecule has 0 heterocycles. The first-order valence-electron chi connectivity index (χ1n) is 12.1. The van der Waals surface area contributed by atoms with Gasteiger partial charge >= 0.3 is 0 Å². The minimum absolute atomic E-state index is 0.0893. The van der Waals surface area contributed by atoms with Crippen molar-refractivity contribution in [2.45, 2.75) is 44.5 Å². The lowest BCUT2D eigenvalue weighted by Crippen LogP contribution is -2.51. The number of carbonyl (C=O) groups is 2. The maximum absolute atomic E-state index is 13.6. The highest BCUT2D eigenvalue weighted by atomic mass is 35.5. The van der Waals surface area contributed by atoms with Crippen molar-refractivity contribution in [2.24, 2.45) is 0 Å². The lowest BCUT2D eigenvalue weighted by Gasteiger charge is -2.31. The topological polar surface area (TPSA) is 49.4 Å². The van der Waals surface area contributed by atoms with Crippen LogP contribution in [0, 0.1) is 0 Å². The van der Waals surface area contributed by atoms with E-state index in [2.05, 4.69) is 12.2 Å². The molecule has 0 aliphatic heterocycles. The molecule has 3 rings (SSSR count). The summed E-state index contributed by atoms with van der Waals surface area (Å²) in [4.78, 5) is 28.7. The van der Waals surface area contributed by atoms with Gasteiger partial charge in [-0.1, -0.05) is 97.2 Å². The second kappa shape index (κ2) is 14.9. The van der Waals surface area contributed by atoms with Crippen LogP contribution >= 0.6 is 35.0 Å². The van der Waals surface area contributed by atoms with Gasteiger partial charge in [-0.3, -0.25) is 9.59 Å². The highest BCUT2D eigenvalue weighted by molar-refractivity contribution is 7.99. The van der Waals surface area contributed by atoms with Crippen molar-refractivity contribution >= 4 is 46.8 Å². The van der Waals surface area contributed by atoms with Gasteiger partial charge in [-0.05, 0) is 41.3 Å². The lowest BCUT2D eigenvalue weighted by molar-refractivity contribution is -0.139. The molecule has 1 atom stereocenters. The predicted molar refractivity (Wildman–Crippen MR) is 151 cm³/mol. The van der Waals surface area contributed by atoms with Crippen molar-refractivity contribution < 1.29 is 9.59 Å². The van der Waals surface area contributed by atoms with E-state index in [1.54, 1.807) is 17.0 Å². The van der Waals surface area contributed by atoms with E-state index in [-0.39, 0.29) is 17.6 Å². The van der Waals surface area contributed by atoms with E-state index >= 15 is 0 Å². The summed E-state index contributed by atoms with van der Waals surface area (Å²) >= 11 is 13.9. The summed E-state index contributed by atoms with van der Waals surface area (Å²) in [5.74, 6) is 0.637. The molecule has 3 aromatic rings. The van der Waals surface area contributed by atoms with Gasteiger partial charge in [0, 0.05) is 35.3 Å². The standard InChI is InChI=1S/C29H32Cl2N2O2S/c1-2-3-17-32-29(35)27(18-22-9-5-4-6-10-22)33(19-23-13-15-25(30)16-14-23)28(34)21-36-20-24-11-7-8-12-26(24)31/h4-16,27H,2-3,17-21H2,1H3,(H,32,35). The zero-order chi connectivity index (χ0) is 25.8. The number of nitrogens with one attached hydrogen (secondary N) is 1. The zero-order valence-electron chi connectivity index (χ0n) is 20.5. The van der Waals surface area contributed by atoms with Crippen LogP contribution in [-0.4, -0.2) is 35.1 Å². The molecule has 1 N–H and O–H groups in total. The number of halogens is 2. The van der Waals surface area contributed by atoms with Crippen LogP contribution in [0.15, 0.2) is 78.9 Å². The van der Waals surface area contributed by atoms with Crippen molar-refractivity contribution in [1.82, 2.24) is 10.2 Å². The van der Waals surface area contributed by atoms with Crippen LogP contribution in [0.2, 0.25) is 10.0 Å². The van der Waals surface area contributed by atoms with Gasteiger partial charge in [-0.2, -0.15) is 0 Å². The monoisotopic (exact) mass is 542 g/mol. The largest absolute Gasteiger partial charge is 0.354 e. The average molecular weight is 544 g/mol. The summed E-state index contributed by atoms with van der Waals surface area (Å²) in [5.41, 5.74) is 2.91. The van der Waals surface area contributed by atoms with Gasteiger partial charge in [0.25, 0.3) is 0 Å². The second-order valence-corrected chi connectivity index (χ2v) is 10.4. The number of benzene rings is 3. The fourth-order valence-corrected chi connectivity index (χ4v) is 5.12. The van der Waals surface area contributed by atoms with E-state index in [0.717, 1.165) is 29.5 Å². The van der Waals surface area contributed by atoms with Crippen molar-refractivity contribution in [3.05, 3.63) is 106 Å². The van der Waals surface area contributed by atoms with Gasteiger partial charge in [0.15, 0.2) is 0 Å². The first kappa shape index (κ1) is 28.1. The average Bonchev–Trinajstić information content (AvgIpc) is 2.89. The van der Waals surface area contributed by atoms with Crippen LogP contribution in [0.25, 0.3) is 0 Å². The fourth-order valence-electron chi connectivity index (χ4n) is 3.79. The fraction of sp³-hybridized carbons (Fsp3) is 0.310. The molecule has 0 aromatic heterocycles. The molecule has 0 radical (unpaired) electrons. The summed E-state index contributed by atoms with van der Waals surface area (Å²) < 4.78 is 0. The highest BCUT2D eigenvalue weighted by Gasteiger charge is 2.30. The Kier molecular flexibility index (Phi) is 11.7. The SMILES string of the molecule is CCCCNC(=O)C(Cc1ccccc1)N(Cc1ccc(Cl)cc1)C(=O)CSCc1ccccc1Cl. The molecule has 190 valence electrons. The second-order valence-electron chi connectivity index (χ2n) is 8.58. The third-order valence-corrected chi connectivity index (χ3v) is 7.39. The van der Waals surface area contributed by atoms with E-state index in [9.17, 15) is 9.59 Å². The van der Waals surface area contributed by atoms with Gasteiger partial charge in [-0.15, -0.1) is 11.8 Å². The maximum Gasteiger partial charge on any atom is 0.243 e. The van der Waals surface area contributed by atoms with Gasteiger partial charge < -0.3 is 10.2 Å². The van der Waals surface area contributed by atoms with Gasteiger partial charge in [0.2, 0.25) is 11.8 Å². The number of carbonyl (C=O) groups excluding carboxylic acids is 2. The molecule has 0 saturated carbocycles. The third kappa shape index (κ3) is 8.88. The third-order valence-electron chi connectivity index (χ3n) is 5.81. The summed E-state index contributed by atoms with van der Waals surface area (Å²) in [6, 6.07) is 24.2. The molecular formula is C29H32Cl2N2O2S. The number of unbranched alkanes of at least 4 members (excludes halogenated alkanes) is 1. The Morgan fingerprint density at radius 3 is 2.31 bits per heavy atom. The van der Waals surface area contributed by atoms with E-state index in [1.807, 2.05) is 66.7 Å². The molecule has 0 aliphatic carbocycles. The Balaban J connectivity index is 1.83. The molecule has 1 unspecified atom stereocenters. The van der Waals surface area contributed by atoms with Crippen molar-refractivity contribution in [2.75, 3.05) is 12.3 Å². The van der Waals surface area contributed by atoms with Crippen LogP contribution in [0.3, 0.4) is 0 Å². The highest BCUT2D eigenvalue weighted by Crippen LogP contribution is 2.23. The quantitative estimate of drug-likeness (QED) is 0.242. The van der Waals surface area contributed by atoms with Crippen molar-refractivity contribution in [3.63, 3.8) is 0 Å². The summed E-state index contributed by atoms with van der Waals surface area (Å²) in [6.45, 7) is 2.99. The molecule has 4 nitrogen and oxygen atoms in total. The number of nitrogens with zero attached hydrogens (tertiary/aromatic N) is 1. The normalized spacial score (nSPS) is 11.6. The van der Waals surface area contributed by atoms with Gasteiger partial charge in [-0.25, -0.2) is 0 Å². The van der Waals surface area contributed by atoms with E-state index < -0.39 is 6.04 Å². The molecular weight excluding hydrogens is 511 g/mol. The summed E-state index contributed by atoms with van der Waals surface area (Å²) in [6.07, 6.45) is 2.31. The number of hydrogen-bond donors (Lipinski definition) is 1. The Hall–Kier alpha value is -2.47. The molecule has 0 bridgehead atoms. The summed E-state index contributed by atoms with van der Waals surface area (Å²) in [5, 5.41) is 4.36. The maximum atomic E-state index is 13.6. The van der Waals surface area contributed by atoms with Gasteiger partial charge in [0.05, 0.1) is 5.75 Å². The number of hydrogen-bond acceptors (Lipinski definition) is 3. The van der Waals surface area contributed by atoms with Crippen LogP contribution < -0.4 is 5.32 Å². The molecule has 0 spiro atoms. The van der Waals surface area contributed by atoms with Crippen LogP contribution in [0.5, 0.6) is 0 Å². The van der Waals surface area contributed by atoms with Crippen molar-refractivity contribution in [1.29, 1.82) is 0 Å². The van der Waals surface area contributed by atoms with Crippen LogP contribution in [-0.2, 0) is 28.3 Å². The minimum atomic E-state index is -0.631. The smallest absolute Gasteiger partial charge is 0.243 e. The van der Waals surface area contributed by atoms with E-state index in [1.165, 1.54) is 11.8 Å². The van der Waals surface area contributed by atoms with E-state index in [0.29, 0.717) is 35.3 Å². The van der Waals surface area contributed by atoms with Gasteiger partial charge in [0.1, 0.15) is 6.04 Å². The molecule has 0 aliphatic rings. The molecule has 0 saturated heterocycles. The van der Waals surface area contributed by atoms with Crippen LogP contribution in [0.1, 0.15) is 36.5 Å².